The van der Waals surface area contributed by atoms with Gasteiger partial charge in [-0.1, -0.05) is 6.92 Å². The fourth-order valence-electron chi connectivity index (χ4n) is 1.34. The molecule has 0 atom stereocenters. The molecule has 17 heavy (non-hydrogen) atoms. The van der Waals surface area contributed by atoms with Crippen LogP contribution in [0.5, 0.6) is 0 Å². The van der Waals surface area contributed by atoms with Crippen LogP contribution in [0.2, 0.25) is 0 Å². The highest BCUT2D eigenvalue weighted by Gasteiger charge is 2.13. The Balaban J connectivity index is 2.98. The van der Waals surface area contributed by atoms with Gasteiger partial charge in [-0.2, -0.15) is 0 Å². The van der Waals surface area contributed by atoms with E-state index in [-0.39, 0.29) is 5.91 Å². The Morgan fingerprint density at radius 3 is 2.71 bits per heavy atom. The van der Waals surface area contributed by atoms with Gasteiger partial charge in [-0.3, -0.25) is 4.79 Å². The molecule has 92 valence electrons. The Labute approximate surface area is 114 Å². The molecule has 1 aromatic rings. The molecule has 5 heteroatoms. The Hall–Kier alpha value is -1.11. The van der Waals surface area contributed by atoms with Gasteiger partial charge in [0, 0.05) is 9.99 Å². The molecule has 0 fully saturated rings. The molecule has 0 saturated carbocycles. The van der Waals surface area contributed by atoms with Gasteiger partial charge in [0.15, 0.2) is 0 Å². The molecule has 1 N–H and O–H groups in total. The maximum absolute atomic E-state index is 11.5. The zero-order valence-corrected chi connectivity index (χ0v) is 11.9. The van der Waals surface area contributed by atoms with E-state index in [0.29, 0.717) is 17.7 Å². The lowest BCUT2D eigenvalue weighted by Gasteiger charge is -2.09. The van der Waals surface area contributed by atoms with E-state index in [1.54, 1.807) is 12.1 Å². The second kappa shape index (κ2) is 6.58. The number of esters is 1. The molecule has 0 aliphatic carbocycles. The normalized spacial score (nSPS) is 9.82. The average Bonchev–Trinajstić information content (AvgIpc) is 2.30. The third-order valence-corrected chi connectivity index (χ3v) is 2.81. The first-order valence-electron chi connectivity index (χ1n) is 5.26. The largest absolute Gasteiger partial charge is 0.465 e. The second-order valence-corrected chi connectivity index (χ2v) is 4.73. The van der Waals surface area contributed by atoms with Gasteiger partial charge in [0.1, 0.15) is 0 Å². The van der Waals surface area contributed by atoms with Crippen LogP contribution < -0.4 is 5.32 Å². The van der Waals surface area contributed by atoms with Crippen molar-refractivity contribution in [2.45, 2.75) is 19.8 Å². The molecule has 1 amide bonds. The third kappa shape index (κ3) is 3.99. The summed E-state index contributed by atoms with van der Waals surface area (Å²) >= 11 is 2.10. The summed E-state index contributed by atoms with van der Waals surface area (Å²) in [6, 6.07) is 5.23. The number of anilines is 1. The number of amides is 1. The summed E-state index contributed by atoms with van der Waals surface area (Å²) in [4.78, 5) is 23.0. The summed E-state index contributed by atoms with van der Waals surface area (Å²) in [5, 5.41) is 2.71. The van der Waals surface area contributed by atoms with Crippen LogP contribution in [0, 0.1) is 3.57 Å². The van der Waals surface area contributed by atoms with Crippen LogP contribution >= 0.6 is 22.6 Å². The van der Waals surface area contributed by atoms with Crippen molar-refractivity contribution >= 4 is 40.2 Å². The Morgan fingerprint density at radius 1 is 1.41 bits per heavy atom. The molecular weight excluding hydrogens is 333 g/mol. The van der Waals surface area contributed by atoms with Gasteiger partial charge < -0.3 is 10.1 Å². The molecular formula is C12H14INO3. The van der Waals surface area contributed by atoms with Gasteiger partial charge in [0.25, 0.3) is 0 Å². The highest BCUT2D eigenvalue weighted by Crippen LogP contribution is 2.20. The smallest absolute Gasteiger partial charge is 0.340 e. The zero-order chi connectivity index (χ0) is 12.8. The van der Waals surface area contributed by atoms with Crippen molar-refractivity contribution in [2.75, 3.05) is 12.4 Å². The van der Waals surface area contributed by atoms with Crippen LogP contribution in [0.4, 0.5) is 5.69 Å². The molecule has 4 nitrogen and oxygen atoms in total. The van der Waals surface area contributed by atoms with E-state index in [9.17, 15) is 9.59 Å². The Kier molecular flexibility index (Phi) is 5.40. The van der Waals surface area contributed by atoms with E-state index in [1.165, 1.54) is 7.11 Å². The number of benzene rings is 1. The number of carbonyl (C=O) groups excluding carboxylic acids is 2. The van der Waals surface area contributed by atoms with Gasteiger partial charge in [0.05, 0.1) is 18.4 Å². The quantitative estimate of drug-likeness (QED) is 0.673. The Morgan fingerprint density at radius 2 is 2.12 bits per heavy atom. The van der Waals surface area contributed by atoms with Crippen LogP contribution in [-0.2, 0) is 9.53 Å². The highest BCUT2D eigenvalue weighted by atomic mass is 127. The van der Waals surface area contributed by atoms with Crippen molar-refractivity contribution in [1.29, 1.82) is 0 Å². The number of rotatable bonds is 4. The summed E-state index contributed by atoms with van der Waals surface area (Å²) in [6.45, 7) is 1.93. The lowest BCUT2D eigenvalue weighted by Crippen LogP contribution is -2.14. The standard InChI is InChI=1S/C12H14INO3/c1-3-4-11(15)14-10-6-5-8(13)7-9(10)12(16)17-2/h5-7H,3-4H2,1-2H3,(H,14,15). The van der Waals surface area contributed by atoms with E-state index >= 15 is 0 Å². The lowest BCUT2D eigenvalue weighted by molar-refractivity contribution is -0.116. The van der Waals surface area contributed by atoms with Crippen LogP contribution in [0.15, 0.2) is 18.2 Å². The average molecular weight is 347 g/mol. The van der Waals surface area contributed by atoms with E-state index in [2.05, 4.69) is 32.6 Å². The summed E-state index contributed by atoms with van der Waals surface area (Å²) in [6.07, 6.45) is 1.20. The second-order valence-electron chi connectivity index (χ2n) is 3.48. The molecule has 0 heterocycles. The SMILES string of the molecule is CCCC(=O)Nc1ccc(I)cc1C(=O)OC. The Bertz CT molecular complexity index is 432. The van der Waals surface area contributed by atoms with Crippen LogP contribution in [-0.4, -0.2) is 19.0 Å². The molecule has 0 bridgehead atoms. The number of ether oxygens (including phenoxy) is 1. The fraction of sp³-hybridized carbons (Fsp3) is 0.333. The van der Waals surface area contributed by atoms with Crippen LogP contribution in [0.3, 0.4) is 0 Å². The van der Waals surface area contributed by atoms with Crippen molar-refractivity contribution in [3.63, 3.8) is 0 Å². The van der Waals surface area contributed by atoms with Gasteiger partial charge in [-0.05, 0) is 47.2 Å². The molecule has 0 saturated heterocycles. The van der Waals surface area contributed by atoms with Gasteiger partial charge in [-0.25, -0.2) is 4.79 Å². The van der Waals surface area contributed by atoms with E-state index in [4.69, 9.17) is 0 Å². The number of hydrogen-bond acceptors (Lipinski definition) is 3. The van der Waals surface area contributed by atoms with Gasteiger partial charge in [0.2, 0.25) is 5.91 Å². The summed E-state index contributed by atoms with van der Waals surface area (Å²) in [5.41, 5.74) is 0.875. The number of halogens is 1. The molecule has 0 aliphatic heterocycles. The maximum Gasteiger partial charge on any atom is 0.340 e. The van der Waals surface area contributed by atoms with Crippen molar-refractivity contribution < 1.29 is 14.3 Å². The molecule has 1 aromatic carbocycles. The first-order chi connectivity index (χ1) is 8.08. The number of hydrogen-bond donors (Lipinski definition) is 1. The summed E-state index contributed by atoms with van der Waals surface area (Å²) in [5.74, 6) is -0.547. The van der Waals surface area contributed by atoms with Gasteiger partial charge >= 0.3 is 5.97 Å². The summed E-state index contributed by atoms with van der Waals surface area (Å²) < 4.78 is 5.59. The first-order valence-corrected chi connectivity index (χ1v) is 6.34. The monoisotopic (exact) mass is 347 g/mol. The molecule has 0 spiro atoms. The van der Waals surface area contributed by atoms with Crippen LogP contribution in [0.1, 0.15) is 30.1 Å². The molecule has 0 aromatic heterocycles. The molecule has 1 rings (SSSR count). The van der Waals surface area contributed by atoms with E-state index in [0.717, 1.165) is 9.99 Å². The predicted molar refractivity (Wildman–Crippen MR) is 74.0 cm³/mol. The lowest BCUT2D eigenvalue weighted by atomic mass is 10.1. The van der Waals surface area contributed by atoms with Crippen molar-refractivity contribution in [1.82, 2.24) is 0 Å². The van der Waals surface area contributed by atoms with Crippen molar-refractivity contribution in [2.24, 2.45) is 0 Å². The first kappa shape index (κ1) is 14.0. The van der Waals surface area contributed by atoms with Gasteiger partial charge in [-0.15, -0.1) is 0 Å². The molecule has 0 radical (unpaired) electrons. The summed E-state index contributed by atoms with van der Waals surface area (Å²) in [7, 11) is 1.32. The van der Waals surface area contributed by atoms with Crippen molar-refractivity contribution in [3.8, 4) is 0 Å². The van der Waals surface area contributed by atoms with E-state index < -0.39 is 5.97 Å². The molecule has 0 unspecified atom stereocenters. The van der Waals surface area contributed by atoms with Crippen molar-refractivity contribution in [3.05, 3.63) is 27.3 Å². The topological polar surface area (TPSA) is 55.4 Å². The number of methoxy groups -OCH3 is 1. The highest BCUT2D eigenvalue weighted by molar-refractivity contribution is 14.1. The molecule has 0 aliphatic rings. The third-order valence-electron chi connectivity index (χ3n) is 2.14. The predicted octanol–water partition coefficient (Wildman–Crippen LogP) is 2.82. The number of carbonyl (C=O) groups is 2. The fourth-order valence-corrected chi connectivity index (χ4v) is 1.84. The minimum atomic E-state index is -0.449. The minimum Gasteiger partial charge on any atom is -0.465 e. The minimum absolute atomic E-state index is 0.0983. The van der Waals surface area contributed by atoms with Crippen LogP contribution in [0.25, 0.3) is 0 Å². The zero-order valence-electron chi connectivity index (χ0n) is 9.75. The number of nitrogens with one attached hydrogen (secondary N) is 1. The van der Waals surface area contributed by atoms with E-state index in [1.807, 2.05) is 13.0 Å². The maximum atomic E-state index is 11.5.